The van der Waals surface area contributed by atoms with Crippen molar-refractivity contribution >= 4 is 40.8 Å². The second-order valence-electron chi connectivity index (χ2n) is 7.30. The topological polar surface area (TPSA) is 91.9 Å². The Kier molecular flexibility index (Phi) is 5.06. The van der Waals surface area contributed by atoms with Gasteiger partial charge in [-0.25, -0.2) is 10.2 Å². The minimum atomic E-state index is -1.13. The van der Waals surface area contributed by atoms with E-state index in [9.17, 15) is 14.7 Å². The van der Waals surface area contributed by atoms with Crippen LogP contribution in [0.1, 0.15) is 58.1 Å². The van der Waals surface area contributed by atoms with Gasteiger partial charge < -0.3 is 9.52 Å². The average Bonchev–Trinajstić information content (AvgIpc) is 2.87. The maximum atomic E-state index is 12.4. The third-order valence-electron chi connectivity index (χ3n) is 4.46. The van der Waals surface area contributed by atoms with Gasteiger partial charge in [0.1, 0.15) is 5.76 Å². The highest BCUT2D eigenvalue weighted by Gasteiger charge is 2.36. The summed E-state index contributed by atoms with van der Waals surface area (Å²) in [4.78, 5) is 23.8. The number of nitrogens with one attached hydrogen (secondary N) is 1. The highest BCUT2D eigenvalue weighted by atomic mass is 35.5. The number of fused-ring (bicyclic) bond motifs is 1. The number of hydrogen-bond acceptors (Lipinski definition) is 4. The summed E-state index contributed by atoms with van der Waals surface area (Å²) in [5.41, 5.74) is 4.30. The summed E-state index contributed by atoms with van der Waals surface area (Å²) >= 11 is 11.9. The second-order valence-corrected chi connectivity index (χ2v) is 8.14. The highest BCUT2D eigenvalue weighted by Crippen LogP contribution is 2.38. The first-order chi connectivity index (χ1) is 12.6. The Morgan fingerprint density at radius 2 is 1.96 bits per heavy atom. The largest absolute Gasteiger partial charge is 0.475 e. The monoisotopic (exact) mass is 408 g/mol. The van der Waals surface area contributed by atoms with Crippen LogP contribution in [0.25, 0.3) is 0 Å². The van der Waals surface area contributed by atoms with Crippen LogP contribution in [0.5, 0.6) is 0 Å². The molecule has 3 rings (SSSR count). The minimum absolute atomic E-state index is 0.0996. The van der Waals surface area contributed by atoms with Crippen LogP contribution in [0.15, 0.2) is 27.7 Å². The molecule has 0 radical (unpaired) electrons. The van der Waals surface area contributed by atoms with Crippen molar-refractivity contribution in [2.45, 2.75) is 33.6 Å². The van der Waals surface area contributed by atoms with E-state index in [-0.39, 0.29) is 21.8 Å². The number of furan rings is 1. The van der Waals surface area contributed by atoms with Crippen molar-refractivity contribution in [1.29, 1.82) is 0 Å². The summed E-state index contributed by atoms with van der Waals surface area (Å²) in [6.07, 6.45) is 1.15. The first-order valence-corrected chi connectivity index (χ1v) is 9.02. The summed E-state index contributed by atoms with van der Waals surface area (Å²) in [5, 5.41) is 14.2. The zero-order valence-electron chi connectivity index (χ0n) is 15.0. The Hall–Kier alpha value is -2.31. The number of rotatable bonds is 3. The van der Waals surface area contributed by atoms with E-state index in [1.54, 1.807) is 13.0 Å². The molecule has 0 unspecified atom stereocenters. The van der Waals surface area contributed by atoms with Gasteiger partial charge in [-0.1, -0.05) is 37.0 Å². The molecule has 1 aromatic heterocycles. The van der Waals surface area contributed by atoms with Gasteiger partial charge in [0.05, 0.1) is 16.3 Å². The summed E-state index contributed by atoms with van der Waals surface area (Å²) in [6, 6.07) is 4.56. The lowest BCUT2D eigenvalue weighted by atomic mass is 9.75. The number of carbonyl (C=O) groups is 2. The molecule has 0 atom stereocenters. The van der Waals surface area contributed by atoms with Gasteiger partial charge in [-0.2, -0.15) is 5.10 Å². The van der Waals surface area contributed by atoms with E-state index < -0.39 is 11.9 Å². The van der Waals surface area contributed by atoms with Gasteiger partial charge in [-0.15, -0.1) is 0 Å². The van der Waals surface area contributed by atoms with Gasteiger partial charge in [0.25, 0.3) is 5.91 Å². The quantitative estimate of drug-likeness (QED) is 0.719. The molecule has 1 amide bonds. The average molecular weight is 409 g/mol. The number of carboxylic acids is 1. The summed E-state index contributed by atoms with van der Waals surface area (Å²) < 4.78 is 5.56. The normalized spacial score (nSPS) is 16.9. The predicted molar refractivity (Wildman–Crippen MR) is 103 cm³/mol. The van der Waals surface area contributed by atoms with Gasteiger partial charge in [0.15, 0.2) is 0 Å². The molecule has 0 bridgehead atoms. The lowest BCUT2D eigenvalue weighted by Gasteiger charge is -2.29. The molecule has 8 heteroatoms. The fraction of sp³-hybridized carbons (Fsp3) is 0.316. The number of amides is 1. The van der Waals surface area contributed by atoms with Crippen molar-refractivity contribution < 1.29 is 19.1 Å². The minimum Gasteiger partial charge on any atom is -0.475 e. The summed E-state index contributed by atoms with van der Waals surface area (Å²) in [5.74, 6) is -1.14. The van der Waals surface area contributed by atoms with E-state index in [4.69, 9.17) is 27.6 Å². The van der Waals surface area contributed by atoms with Crippen molar-refractivity contribution in [2.75, 3.05) is 0 Å². The number of benzene rings is 1. The Morgan fingerprint density at radius 1 is 1.26 bits per heavy atom. The third kappa shape index (κ3) is 3.87. The molecule has 1 heterocycles. The number of hydrazone groups is 1. The molecule has 0 saturated heterocycles. The van der Waals surface area contributed by atoms with E-state index in [0.29, 0.717) is 40.5 Å². The molecule has 27 heavy (non-hydrogen) atoms. The molecule has 1 aliphatic rings. The lowest BCUT2D eigenvalue weighted by molar-refractivity contribution is 0.0657. The highest BCUT2D eigenvalue weighted by molar-refractivity contribution is 6.36. The van der Waals surface area contributed by atoms with Crippen molar-refractivity contribution in [1.82, 2.24) is 5.43 Å². The van der Waals surface area contributed by atoms with Crippen LogP contribution in [-0.4, -0.2) is 22.7 Å². The number of carboxylic acid groups (broad SMARTS) is 1. The molecule has 1 aromatic carbocycles. The molecule has 0 saturated carbocycles. The molecule has 1 aliphatic carbocycles. The molecule has 2 aromatic rings. The van der Waals surface area contributed by atoms with Crippen LogP contribution in [0.2, 0.25) is 10.0 Å². The van der Waals surface area contributed by atoms with Crippen LogP contribution in [0, 0.1) is 12.3 Å². The maximum absolute atomic E-state index is 12.4. The molecule has 0 fully saturated rings. The predicted octanol–water partition coefficient (Wildman–Crippen LogP) is 4.70. The van der Waals surface area contributed by atoms with E-state index in [1.807, 2.05) is 13.8 Å². The number of aromatic carboxylic acids is 1. The molecule has 0 spiro atoms. The third-order valence-corrected chi connectivity index (χ3v) is 5.00. The Labute approximate surface area is 166 Å². The lowest BCUT2D eigenvalue weighted by Crippen LogP contribution is -2.29. The van der Waals surface area contributed by atoms with Gasteiger partial charge >= 0.3 is 5.97 Å². The zero-order chi connectivity index (χ0) is 19.9. The van der Waals surface area contributed by atoms with Gasteiger partial charge in [0.2, 0.25) is 5.76 Å². The molecule has 142 valence electrons. The number of nitrogens with zero attached hydrogens (tertiary/aromatic N) is 1. The fourth-order valence-corrected chi connectivity index (χ4v) is 3.76. The van der Waals surface area contributed by atoms with Crippen LogP contribution < -0.4 is 5.43 Å². The zero-order valence-corrected chi connectivity index (χ0v) is 16.5. The molecule has 0 aliphatic heterocycles. The molecule has 2 N–H and O–H groups in total. The molecule has 6 nitrogen and oxygen atoms in total. The van der Waals surface area contributed by atoms with Crippen molar-refractivity contribution in [3.05, 3.63) is 56.5 Å². The first-order valence-electron chi connectivity index (χ1n) is 8.27. The summed E-state index contributed by atoms with van der Waals surface area (Å²) in [7, 11) is 0. The van der Waals surface area contributed by atoms with Crippen LogP contribution >= 0.6 is 23.2 Å². The van der Waals surface area contributed by atoms with Crippen molar-refractivity contribution in [3.63, 3.8) is 0 Å². The van der Waals surface area contributed by atoms with E-state index in [2.05, 4.69) is 10.5 Å². The van der Waals surface area contributed by atoms with E-state index >= 15 is 0 Å². The van der Waals surface area contributed by atoms with Gasteiger partial charge in [-0.05, 0) is 37.0 Å². The second kappa shape index (κ2) is 7.02. The van der Waals surface area contributed by atoms with Gasteiger partial charge in [-0.3, -0.25) is 4.79 Å². The van der Waals surface area contributed by atoms with Crippen LogP contribution in [0.4, 0.5) is 0 Å². The molecular formula is C19H18Cl2N2O4. The smallest absolute Gasteiger partial charge is 0.372 e. The number of halogens is 2. The Bertz CT molecular complexity index is 976. The Balaban J connectivity index is 1.96. The van der Waals surface area contributed by atoms with Crippen molar-refractivity contribution in [3.8, 4) is 0 Å². The Morgan fingerprint density at radius 3 is 2.59 bits per heavy atom. The van der Waals surface area contributed by atoms with Crippen LogP contribution in [-0.2, 0) is 6.42 Å². The standard InChI is InChI=1S/C19H18Cl2N2O4/c1-9-15-13(7-19(2,3)8-14(15)27-16(9)18(25)26)22-23-17(24)11-5-4-10(20)6-12(11)21/h4-6H,7-8H2,1-3H3,(H,23,24)(H,25,26)/b22-13+. The number of hydrogen-bond donors (Lipinski definition) is 2. The fourth-order valence-electron chi connectivity index (χ4n) is 3.27. The number of carbonyl (C=O) groups excluding carboxylic acids is 1. The molecular weight excluding hydrogens is 391 g/mol. The van der Waals surface area contributed by atoms with E-state index in [1.165, 1.54) is 12.1 Å². The first kappa shape index (κ1) is 19.5. The van der Waals surface area contributed by atoms with Crippen LogP contribution in [0.3, 0.4) is 0 Å². The summed E-state index contributed by atoms with van der Waals surface area (Å²) in [6.45, 7) is 5.74. The SMILES string of the molecule is Cc1c(C(=O)O)oc2c1/C(=N/NC(=O)c1ccc(Cl)cc1Cl)CC(C)(C)C2. The maximum Gasteiger partial charge on any atom is 0.372 e. The van der Waals surface area contributed by atoms with Gasteiger partial charge in [0, 0.05) is 22.6 Å². The van der Waals surface area contributed by atoms with Crippen molar-refractivity contribution in [2.24, 2.45) is 10.5 Å². The van der Waals surface area contributed by atoms with E-state index in [0.717, 1.165) is 0 Å².